The first-order valence-electron chi connectivity index (χ1n) is 6.63. The van der Waals surface area contributed by atoms with Gasteiger partial charge in [0.2, 0.25) is 0 Å². The van der Waals surface area contributed by atoms with Gasteiger partial charge in [-0.05, 0) is 25.3 Å². The maximum atomic E-state index is 10.9. The fourth-order valence-corrected chi connectivity index (χ4v) is 2.33. The first kappa shape index (κ1) is 12.9. The Morgan fingerprint density at radius 1 is 1.45 bits per heavy atom. The molecule has 0 saturated carbocycles. The molecule has 1 aromatic heterocycles. The van der Waals surface area contributed by atoms with Crippen LogP contribution in [0.4, 0.5) is 11.7 Å². The fraction of sp³-hybridized carbons (Fsp3) is 0.462. The standard InChI is InChI=1S/C13H15N3O4/c17-16(18)10-5-3-6-11-12(10)15-13(20-11)14-8-9-4-1-2-7-19-9/h3,5-6,9H,1-2,4,7-8H2,(H,14,15). The van der Waals surface area contributed by atoms with E-state index in [0.717, 1.165) is 25.9 Å². The molecule has 2 heterocycles. The van der Waals surface area contributed by atoms with Crippen molar-refractivity contribution in [3.8, 4) is 0 Å². The number of hydrogen-bond acceptors (Lipinski definition) is 6. The van der Waals surface area contributed by atoms with E-state index in [2.05, 4.69) is 10.3 Å². The average Bonchev–Trinajstić information content (AvgIpc) is 2.88. The molecule has 0 bridgehead atoms. The van der Waals surface area contributed by atoms with Crippen LogP contribution in [0.1, 0.15) is 19.3 Å². The lowest BCUT2D eigenvalue weighted by molar-refractivity contribution is -0.383. The number of aromatic nitrogens is 1. The number of anilines is 1. The smallest absolute Gasteiger partial charge is 0.298 e. The predicted octanol–water partition coefficient (Wildman–Crippen LogP) is 2.72. The molecule has 1 saturated heterocycles. The van der Waals surface area contributed by atoms with Crippen LogP contribution >= 0.6 is 0 Å². The number of rotatable bonds is 4. The lowest BCUT2D eigenvalue weighted by atomic mass is 10.1. The Bertz CT molecular complexity index is 619. The summed E-state index contributed by atoms with van der Waals surface area (Å²) in [5.74, 6) is 0. The van der Waals surface area contributed by atoms with E-state index in [1.54, 1.807) is 12.1 Å². The number of fused-ring (bicyclic) bond motifs is 1. The van der Waals surface area contributed by atoms with E-state index in [1.807, 2.05) is 0 Å². The Labute approximate surface area is 115 Å². The number of nitro benzene ring substituents is 1. The maximum Gasteiger partial charge on any atom is 0.298 e. The number of nitrogens with zero attached hydrogens (tertiary/aromatic N) is 2. The molecule has 106 valence electrons. The van der Waals surface area contributed by atoms with Gasteiger partial charge in [-0.15, -0.1) is 0 Å². The topological polar surface area (TPSA) is 90.4 Å². The molecule has 7 heteroatoms. The van der Waals surface area contributed by atoms with Crippen molar-refractivity contribution in [1.29, 1.82) is 0 Å². The summed E-state index contributed by atoms with van der Waals surface area (Å²) < 4.78 is 11.1. The summed E-state index contributed by atoms with van der Waals surface area (Å²) in [6, 6.07) is 4.96. The second-order valence-corrected chi connectivity index (χ2v) is 4.77. The van der Waals surface area contributed by atoms with Gasteiger partial charge in [0, 0.05) is 19.2 Å². The molecule has 0 amide bonds. The molecule has 0 aliphatic carbocycles. The van der Waals surface area contributed by atoms with Crippen LogP contribution in [0.3, 0.4) is 0 Å². The lowest BCUT2D eigenvalue weighted by Crippen LogP contribution is -2.27. The largest absolute Gasteiger partial charge is 0.423 e. The van der Waals surface area contributed by atoms with E-state index in [9.17, 15) is 10.1 Å². The highest BCUT2D eigenvalue weighted by Crippen LogP contribution is 2.27. The molecular formula is C13H15N3O4. The summed E-state index contributed by atoms with van der Waals surface area (Å²) >= 11 is 0. The average molecular weight is 277 g/mol. The summed E-state index contributed by atoms with van der Waals surface area (Å²) in [5, 5.41) is 14.0. The quantitative estimate of drug-likeness (QED) is 0.682. The molecule has 1 fully saturated rings. The van der Waals surface area contributed by atoms with E-state index in [4.69, 9.17) is 9.15 Å². The third-order valence-corrected chi connectivity index (χ3v) is 3.35. The van der Waals surface area contributed by atoms with Crippen LogP contribution < -0.4 is 5.32 Å². The predicted molar refractivity (Wildman–Crippen MR) is 72.7 cm³/mol. The summed E-state index contributed by atoms with van der Waals surface area (Å²) in [4.78, 5) is 14.6. The number of non-ortho nitro benzene ring substituents is 1. The molecule has 0 spiro atoms. The fourth-order valence-electron chi connectivity index (χ4n) is 2.33. The van der Waals surface area contributed by atoms with Crippen molar-refractivity contribution >= 4 is 22.8 Å². The van der Waals surface area contributed by atoms with Crippen LogP contribution in [0.2, 0.25) is 0 Å². The minimum absolute atomic E-state index is 0.0479. The molecule has 1 aromatic carbocycles. The normalized spacial score (nSPS) is 19.1. The summed E-state index contributed by atoms with van der Waals surface area (Å²) in [7, 11) is 0. The van der Waals surface area contributed by atoms with Crippen LogP contribution in [0, 0.1) is 10.1 Å². The van der Waals surface area contributed by atoms with Gasteiger partial charge in [-0.25, -0.2) is 0 Å². The van der Waals surface area contributed by atoms with Crippen LogP contribution in [-0.4, -0.2) is 29.2 Å². The highest BCUT2D eigenvalue weighted by atomic mass is 16.6. The number of para-hydroxylation sites is 1. The van der Waals surface area contributed by atoms with Crippen molar-refractivity contribution < 1.29 is 14.1 Å². The molecule has 20 heavy (non-hydrogen) atoms. The van der Waals surface area contributed by atoms with Crippen molar-refractivity contribution in [2.75, 3.05) is 18.5 Å². The van der Waals surface area contributed by atoms with E-state index in [-0.39, 0.29) is 17.3 Å². The molecule has 1 unspecified atom stereocenters. The van der Waals surface area contributed by atoms with Gasteiger partial charge >= 0.3 is 0 Å². The second kappa shape index (κ2) is 5.46. The first-order chi connectivity index (χ1) is 9.74. The Kier molecular flexibility index (Phi) is 3.51. The van der Waals surface area contributed by atoms with Crippen LogP contribution in [0.25, 0.3) is 11.1 Å². The summed E-state index contributed by atoms with van der Waals surface area (Å²) in [5.41, 5.74) is 0.629. The number of oxazole rings is 1. The van der Waals surface area contributed by atoms with Crippen molar-refractivity contribution in [3.63, 3.8) is 0 Å². The highest BCUT2D eigenvalue weighted by Gasteiger charge is 2.18. The zero-order valence-electron chi connectivity index (χ0n) is 10.9. The van der Waals surface area contributed by atoms with E-state index < -0.39 is 4.92 Å². The minimum atomic E-state index is -0.459. The lowest BCUT2D eigenvalue weighted by Gasteiger charge is -2.22. The van der Waals surface area contributed by atoms with Gasteiger partial charge in [0.1, 0.15) is 0 Å². The molecule has 1 aliphatic heterocycles. The Morgan fingerprint density at radius 2 is 2.35 bits per heavy atom. The zero-order valence-corrected chi connectivity index (χ0v) is 10.9. The van der Waals surface area contributed by atoms with Gasteiger partial charge in [-0.3, -0.25) is 10.1 Å². The molecule has 1 aliphatic rings. The van der Waals surface area contributed by atoms with E-state index >= 15 is 0 Å². The highest BCUT2D eigenvalue weighted by molar-refractivity contribution is 5.83. The molecule has 1 N–H and O–H groups in total. The monoisotopic (exact) mass is 277 g/mol. The van der Waals surface area contributed by atoms with Crippen molar-refractivity contribution in [2.45, 2.75) is 25.4 Å². The second-order valence-electron chi connectivity index (χ2n) is 4.77. The number of ether oxygens (including phenoxy) is 1. The van der Waals surface area contributed by atoms with Gasteiger partial charge in [-0.1, -0.05) is 6.07 Å². The van der Waals surface area contributed by atoms with Crippen LogP contribution in [0.5, 0.6) is 0 Å². The number of nitro groups is 1. The van der Waals surface area contributed by atoms with Crippen LogP contribution in [-0.2, 0) is 4.74 Å². The summed E-state index contributed by atoms with van der Waals surface area (Å²) in [6.45, 7) is 1.38. The van der Waals surface area contributed by atoms with E-state index in [1.165, 1.54) is 6.07 Å². The maximum absolute atomic E-state index is 10.9. The van der Waals surface area contributed by atoms with E-state index in [0.29, 0.717) is 18.1 Å². The Balaban J connectivity index is 1.75. The molecule has 2 aromatic rings. The molecule has 3 rings (SSSR count). The van der Waals surface area contributed by atoms with Gasteiger partial charge in [-0.2, -0.15) is 4.98 Å². The van der Waals surface area contributed by atoms with Gasteiger partial charge < -0.3 is 14.5 Å². The zero-order chi connectivity index (χ0) is 13.9. The third-order valence-electron chi connectivity index (χ3n) is 3.35. The SMILES string of the molecule is O=[N+]([O-])c1cccc2oc(NCC3CCCCO3)nc12. The molecule has 7 nitrogen and oxygen atoms in total. The van der Waals surface area contributed by atoms with Gasteiger partial charge in [0.15, 0.2) is 11.1 Å². The van der Waals surface area contributed by atoms with Gasteiger partial charge in [0.05, 0.1) is 11.0 Å². The Hall–Kier alpha value is -2.15. The Morgan fingerprint density at radius 3 is 3.10 bits per heavy atom. The van der Waals surface area contributed by atoms with Crippen molar-refractivity contribution in [1.82, 2.24) is 4.98 Å². The third kappa shape index (κ3) is 2.57. The molecule has 0 radical (unpaired) electrons. The van der Waals surface area contributed by atoms with Crippen LogP contribution in [0.15, 0.2) is 22.6 Å². The van der Waals surface area contributed by atoms with Crippen molar-refractivity contribution in [2.24, 2.45) is 0 Å². The molecular weight excluding hydrogens is 262 g/mol. The number of nitrogens with one attached hydrogen (secondary N) is 1. The number of hydrogen-bond donors (Lipinski definition) is 1. The summed E-state index contributed by atoms with van der Waals surface area (Å²) in [6.07, 6.45) is 3.42. The van der Waals surface area contributed by atoms with Gasteiger partial charge in [0.25, 0.3) is 11.7 Å². The number of benzene rings is 1. The van der Waals surface area contributed by atoms with Crippen molar-refractivity contribution in [3.05, 3.63) is 28.3 Å². The molecule has 1 atom stereocenters. The first-order valence-corrected chi connectivity index (χ1v) is 6.63. The minimum Gasteiger partial charge on any atom is -0.423 e.